The van der Waals surface area contributed by atoms with Crippen LogP contribution in [0.15, 0.2) is 30.5 Å². The van der Waals surface area contributed by atoms with Gasteiger partial charge in [-0.1, -0.05) is 17.7 Å². The molecule has 2 fully saturated rings. The monoisotopic (exact) mass is 480 g/mol. The molecule has 4 rings (SSSR count). The van der Waals surface area contributed by atoms with E-state index in [9.17, 15) is 13.2 Å². The molecule has 11 heteroatoms. The molecule has 1 amide bonds. The summed E-state index contributed by atoms with van der Waals surface area (Å²) in [6.07, 6.45) is 6.21. The number of carbonyl (C=O) groups is 1. The van der Waals surface area contributed by atoms with Crippen LogP contribution >= 0.6 is 11.6 Å². The number of hydrogen-bond acceptors (Lipinski definition) is 6. The first-order valence-corrected chi connectivity index (χ1v) is 13.1. The van der Waals surface area contributed by atoms with Gasteiger partial charge in [0.25, 0.3) is 0 Å². The second kappa shape index (κ2) is 9.68. The first kappa shape index (κ1) is 22.9. The van der Waals surface area contributed by atoms with Gasteiger partial charge in [0.1, 0.15) is 0 Å². The third-order valence-corrected chi connectivity index (χ3v) is 6.73. The van der Waals surface area contributed by atoms with Gasteiger partial charge in [-0.05, 0) is 37.0 Å². The fourth-order valence-electron chi connectivity index (χ4n) is 4.21. The highest BCUT2D eigenvalue weighted by Crippen LogP contribution is 2.30. The summed E-state index contributed by atoms with van der Waals surface area (Å²) in [5.74, 6) is 0.131. The number of nitrogens with one attached hydrogen (secondary N) is 1. The van der Waals surface area contributed by atoms with Gasteiger partial charge in [0.2, 0.25) is 10.0 Å². The summed E-state index contributed by atoms with van der Waals surface area (Å²) in [4.78, 5) is 19.1. The third kappa shape index (κ3) is 5.73. The second-order valence-corrected chi connectivity index (χ2v) is 10.6. The van der Waals surface area contributed by atoms with Gasteiger partial charge in [-0.2, -0.15) is 4.68 Å². The van der Waals surface area contributed by atoms with E-state index >= 15 is 0 Å². The molecule has 0 bridgehead atoms. The van der Waals surface area contributed by atoms with Crippen molar-refractivity contribution in [1.82, 2.24) is 19.6 Å². The van der Waals surface area contributed by atoms with Crippen molar-refractivity contribution in [2.24, 2.45) is 0 Å². The number of halogens is 1. The Kier molecular flexibility index (Phi) is 6.92. The van der Waals surface area contributed by atoms with Crippen molar-refractivity contribution >= 4 is 39.2 Å². The standard InChI is InChI=1S/C21H29ClN6O3S/c1-32(30,31)24-20-7-10-28(23-20)21(29)27-13-11-25(12-14-27)16-17-5-6-18(22)19(15-17)26-8-3-2-4-9-26/h5-7,10,15H,2-4,8-9,11-14,16H2,1H3,(H,23,24). The molecular formula is C21H29ClN6O3S. The molecule has 1 aromatic carbocycles. The lowest BCUT2D eigenvalue weighted by Gasteiger charge is -2.35. The van der Waals surface area contributed by atoms with Crippen molar-refractivity contribution in [3.8, 4) is 0 Å². The quantitative estimate of drug-likeness (QED) is 0.707. The Hall–Kier alpha value is -2.30. The molecule has 2 saturated heterocycles. The van der Waals surface area contributed by atoms with Crippen molar-refractivity contribution in [3.05, 3.63) is 41.0 Å². The highest BCUT2D eigenvalue weighted by Gasteiger charge is 2.23. The molecule has 1 aromatic heterocycles. The van der Waals surface area contributed by atoms with Crippen LogP contribution in [0.1, 0.15) is 24.8 Å². The molecule has 0 aliphatic carbocycles. The van der Waals surface area contributed by atoms with E-state index in [0.29, 0.717) is 13.1 Å². The number of nitrogens with zero attached hydrogens (tertiary/aromatic N) is 5. The molecule has 2 aliphatic rings. The van der Waals surface area contributed by atoms with Crippen LogP contribution in [0.25, 0.3) is 0 Å². The maximum Gasteiger partial charge on any atom is 0.344 e. The summed E-state index contributed by atoms with van der Waals surface area (Å²) in [6, 6.07) is 7.47. The normalized spacial score (nSPS) is 18.1. The number of amides is 1. The minimum Gasteiger partial charge on any atom is -0.370 e. The van der Waals surface area contributed by atoms with Crippen molar-refractivity contribution in [2.45, 2.75) is 25.8 Å². The van der Waals surface area contributed by atoms with Crippen LogP contribution in [0, 0.1) is 0 Å². The van der Waals surface area contributed by atoms with Gasteiger partial charge in [-0.3, -0.25) is 9.62 Å². The van der Waals surface area contributed by atoms with Gasteiger partial charge in [-0.15, -0.1) is 5.10 Å². The molecule has 0 unspecified atom stereocenters. The lowest BCUT2D eigenvalue weighted by molar-refractivity contribution is 0.134. The zero-order chi connectivity index (χ0) is 22.7. The number of anilines is 2. The van der Waals surface area contributed by atoms with E-state index in [0.717, 1.165) is 49.7 Å². The Morgan fingerprint density at radius 2 is 1.78 bits per heavy atom. The SMILES string of the molecule is CS(=O)(=O)Nc1ccn(C(=O)N2CCN(Cc3ccc(Cl)c(N4CCCCC4)c3)CC2)n1. The first-order chi connectivity index (χ1) is 15.3. The van der Waals surface area contributed by atoms with Gasteiger partial charge in [-0.25, -0.2) is 13.2 Å². The number of piperazine rings is 1. The van der Waals surface area contributed by atoms with Crippen LogP contribution in [0.2, 0.25) is 5.02 Å². The Balaban J connectivity index is 1.33. The molecule has 1 N–H and O–H groups in total. The smallest absolute Gasteiger partial charge is 0.344 e. The Morgan fingerprint density at radius 3 is 2.47 bits per heavy atom. The van der Waals surface area contributed by atoms with Crippen LogP contribution in [-0.4, -0.2) is 79.6 Å². The summed E-state index contributed by atoms with van der Waals surface area (Å²) in [7, 11) is -3.43. The molecule has 0 spiro atoms. The van der Waals surface area contributed by atoms with Gasteiger partial charge in [0, 0.05) is 58.1 Å². The summed E-state index contributed by atoms with van der Waals surface area (Å²) in [5, 5.41) is 4.83. The van der Waals surface area contributed by atoms with E-state index in [1.54, 1.807) is 4.90 Å². The molecule has 0 saturated carbocycles. The number of hydrogen-bond donors (Lipinski definition) is 1. The Bertz CT molecular complexity index is 1060. The molecule has 9 nitrogen and oxygen atoms in total. The Morgan fingerprint density at radius 1 is 1.06 bits per heavy atom. The second-order valence-electron chi connectivity index (χ2n) is 8.40. The average molecular weight is 481 g/mol. The number of carbonyl (C=O) groups excluding carboxylic acids is 1. The molecule has 174 valence electrons. The summed E-state index contributed by atoms with van der Waals surface area (Å²) in [6.45, 7) is 5.59. The van der Waals surface area contributed by atoms with Crippen LogP contribution in [-0.2, 0) is 16.6 Å². The maximum absolute atomic E-state index is 12.7. The van der Waals surface area contributed by atoms with Crippen LogP contribution in [0.4, 0.5) is 16.3 Å². The lowest BCUT2D eigenvalue weighted by Crippen LogP contribution is -2.49. The van der Waals surface area contributed by atoms with Gasteiger partial charge in [0.05, 0.1) is 17.0 Å². The van der Waals surface area contributed by atoms with E-state index < -0.39 is 10.0 Å². The van der Waals surface area contributed by atoms with E-state index in [2.05, 4.69) is 31.8 Å². The Labute approximate surface area is 194 Å². The van der Waals surface area contributed by atoms with E-state index in [1.807, 2.05) is 6.07 Å². The molecular weight excluding hydrogens is 452 g/mol. The highest BCUT2D eigenvalue weighted by molar-refractivity contribution is 7.92. The molecule has 0 atom stereocenters. The summed E-state index contributed by atoms with van der Waals surface area (Å²) in [5.41, 5.74) is 2.34. The third-order valence-electron chi connectivity index (χ3n) is 5.83. The number of rotatable bonds is 5. The van der Waals surface area contributed by atoms with Crippen molar-refractivity contribution < 1.29 is 13.2 Å². The minimum atomic E-state index is -3.43. The van der Waals surface area contributed by atoms with Crippen molar-refractivity contribution in [1.29, 1.82) is 0 Å². The maximum atomic E-state index is 12.7. The predicted octanol–water partition coefficient (Wildman–Crippen LogP) is 2.68. The molecule has 2 aliphatic heterocycles. The van der Waals surface area contributed by atoms with E-state index in [-0.39, 0.29) is 11.8 Å². The number of aromatic nitrogens is 2. The van der Waals surface area contributed by atoms with Crippen LogP contribution < -0.4 is 9.62 Å². The largest absolute Gasteiger partial charge is 0.370 e. The zero-order valence-corrected chi connectivity index (χ0v) is 19.8. The first-order valence-electron chi connectivity index (χ1n) is 10.9. The number of piperidine rings is 1. The van der Waals surface area contributed by atoms with Gasteiger partial charge in [0.15, 0.2) is 5.82 Å². The van der Waals surface area contributed by atoms with Crippen LogP contribution in [0.5, 0.6) is 0 Å². The average Bonchev–Trinajstić information content (AvgIpc) is 3.22. The van der Waals surface area contributed by atoms with Gasteiger partial charge < -0.3 is 9.80 Å². The van der Waals surface area contributed by atoms with Crippen LogP contribution in [0.3, 0.4) is 0 Å². The van der Waals surface area contributed by atoms with Crippen molar-refractivity contribution in [2.75, 3.05) is 55.1 Å². The van der Waals surface area contributed by atoms with Crippen molar-refractivity contribution in [3.63, 3.8) is 0 Å². The van der Waals surface area contributed by atoms with E-state index in [1.165, 1.54) is 41.8 Å². The zero-order valence-electron chi connectivity index (χ0n) is 18.2. The lowest BCUT2D eigenvalue weighted by atomic mass is 10.1. The number of sulfonamides is 1. The fraction of sp³-hybridized carbons (Fsp3) is 0.524. The highest BCUT2D eigenvalue weighted by atomic mass is 35.5. The fourth-order valence-corrected chi connectivity index (χ4v) is 4.93. The molecule has 2 aromatic rings. The molecule has 0 radical (unpaired) electrons. The summed E-state index contributed by atoms with van der Waals surface area (Å²) < 4.78 is 26.1. The molecule has 32 heavy (non-hydrogen) atoms. The predicted molar refractivity (Wildman–Crippen MR) is 126 cm³/mol. The van der Waals surface area contributed by atoms with E-state index in [4.69, 9.17) is 11.6 Å². The van der Waals surface area contributed by atoms with Gasteiger partial charge >= 0.3 is 6.03 Å². The number of benzene rings is 1. The summed E-state index contributed by atoms with van der Waals surface area (Å²) >= 11 is 6.48. The topological polar surface area (TPSA) is 90.8 Å². The minimum absolute atomic E-state index is 0.131. The molecule has 3 heterocycles.